The minimum atomic E-state index is 0.954. The van der Waals surface area contributed by atoms with Crippen LogP contribution in [0.3, 0.4) is 0 Å². The summed E-state index contributed by atoms with van der Waals surface area (Å²) < 4.78 is 0. The first-order valence-corrected chi connectivity index (χ1v) is 8.31. The van der Waals surface area contributed by atoms with Gasteiger partial charge in [-0.2, -0.15) is 0 Å². The molecule has 0 saturated heterocycles. The minimum Gasteiger partial charge on any atom is -0.385 e. The molecule has 1 aliphatic rings. The van der Waals surface area contributed by atoms with Crippen molar-refractivity contribution >= 4 is 5.69 Å². The summed E-state index contributed by atoms with van der Waals surface area (Å²) >= 11 is 0. The third-order valence-electron chi connectivity index (χ3n) is 4.60. The average Bonchev–Trinajstić information content (AvgIpc) is 2.57. The molecule has 1 saturated carbocycles. The Morgan fingerprint density at radius 1 is 0.762 bits per heavy atom. The molecular weight excluding hydrogens is 254 g/mol. The lowest BCUT2D eigenvalue weighted by Gasteiger charge is -2.21. The second-order valence-corrected chi connectivity index (χ2v) is 6.16. The monoisotopic (exact) mass is 279 g/mol. The molecule has 0 heterocycles. The highest BCUT2D eigenvalue weighted by molar-refractivity contribution is 5.65. The van der Waals surface area contributed by atoms with E-state index in [9.17, 15) is 0 Å². The molecule has 1 nitrogen and oxygen atoms in total. The van der Waals surface area contributed by atoms with E-state index < -0.39 is 0 Å². The molecule has 0 atom stereocenters. The largest absolute Gasteiger partial charge is 0.385 e. The Kier molecular flexibility index (Phi) is 4.94. The standard InChI is InChI=1S/C20H25N/c1-3-7-17(8-4-1)15-16-21-20-13-11-19(12-14-20)18-9-5-2-6-10-18/h2,5-6,9-14,17,21H,1,3-4,7-8,15-16H2. The molecule has 3 rings (SSSR count). The van der Waals surface area contributed by atoms with Crippen LogP contribution >= 0.6 is 0 Å². The molecule has 110 valence electrons. The molecule has 2 aromatic rings. The topological polar surface area (TPSA) is 12.0 Å². The summed E-state index contributed by atoms with van der Waals surface area (Å²) in [7, 11) is 0. The predicted octanol–water partition coefficient (Wildman–Crippen LogP) is 5.74. The minimum absolute atomic E-state index is 0.954. The lowest BCUT2D eigenvalue weighted by atomic mass is 9.87. The number of nitrogens with one attached hydrogen (secondary N) is 1. The van der Waals surface area contributed by atoms with Crippen molar-refractivity contribution in [3.63, 3.8) is 0 Å². The van der Waals surface area contributed by atoms with Crippen LogP contribution in [0.5, 0.6) is 0 Å². The number of anilines is 1. The molecule has 2 aromatic carbocycles. The Morgan fingerprint density at radius 2 is 1.43 bits per heavy atom. The zero-order valence-corrected chi connectivity index (χ0v) is 12.7. The normalized spacial score (nSPS) is 15.8. The van der Waals surface area contributed by atoms with E-state index in [1.807, 2.05) is 0 Å². The van der Waals surface area contributed by atoms with Gasteiger partial charge >= 0.3 is 0 Å². The van der Waals surface area contributed by atoms with Crippen LogP contribution < -0.4 is 5.32 Å². The third kappa shape index (κ3) is 4.10. The molecule has 1 fully saturated rings. The summed E-state index contributed by atoms with van der Waals surface area (Å²) in [6.07, 6.45) is 8.53. The first-order valence-electron chi connectivity index (χ1n) is 8.31. The first-order chi connectivity index (χ1) is 10.4. The first kappa shape index (κ1) is 14.2. The highest BCUT2D eigenvalue weighted by Gasteiger charge is 2.12. The molecule has 1 aliphatic carbocycles. The van der Waals surface area contributed by atoms with Crippen molar-refractivity contribution < 1.29 is 0 Å². The van der Waals surface area contributed by atoms with E-state index in [0.29, 0.717) is 0 Å². The SMILES string of the molecule is c1ccc(-c2ccc(NCCC3CCCCC3)cc2)cc1. The summed E-state index contributed by atoms with van der Waals surface area (Å²) in [6, 6.07) is 19.4. The predicted molar refractivity (Wildman–Crippen MR) is 91.6 cm³/mol. The van der Waals surface area contributed by atoms with Crippen molar-refractivity contribution in [1.82, 2.24) is 0 Å². The fraction of sp³-hybridized carbons (Fsp3) is 0.400. The fourth-order valence-corrected chi connectivity index (χ4v) is 3.31. The van der Waals surface area contributed by atoms with Crippen LogP contribution in [0.15, 0.2) is 54.6 Å². The van der Waals surface area contributed by atoms with Crippen molar-refractivity contribution in [3.05, 3.63) is 54.6 Å². The van der Waals surface area contributed by atoms with Gasteiger partial charge in [0.05, 0.1) is 0 Å². The van der Waals surface area contributed by atoms with E-state index in [0.717, 1.165) is 12.5 Å². The second-order valence-electron chi connectivity index (χ2n) is 6.16. The maximum Gasteiger partial charge on any atom is 0.0340 e. The Balaban J connectivity index is 1.50. The van der Waals surface area contributed by atoms with Gasteiger partial charge in [0.15, 0.2) is 0 Å². The molecule has 0 unspecified atom stereocenters. The molecule has 0 radical (unpaired) electrons. The zero-order valence-electron chi connectivity index (χ0n) is 12.7. The molecule has 0 amide bonds. The Hall–Kier alpha value is -1.76. The van der Waals surface area contributed by atoms with Gasteiger partial charge in [-0.3, -0.25) is 0 Å². The van der Waals surface area contributed by atoms with Crippen LogP contribution in [0.25, 0.3) is 11.1 Å². The van der Waals surface area contributed by atoms with E-state index in [2.05, 4.69) is 59.9 Å². The van der Waals surface area contributed by atoms with Crippen LogP contribution in [0, 0.1) is 5.92 Å². The highest BCUT2D eigenvalue weighted by atomic mass is 14.9. The lowest BCUT2D eigenvalue weighted by molar-refractivity contribution is 0.345. The lowest BCUT2D eigenvalue weighted by Crippen LogP contribution is -2.12. The maximum absolute atomic E-state index is 3.57. The van der Waals surface area contributed by atoms with Gasteiger partial charge in [-0.25, -0.2) is 0 Å². The molecule has 0 aromatic heterocycles. The van der Waals surface area contributed by atoms with Crippen molar-refractivity contribution in [2.45, 2.75) is 38.5 Å². The Bertz CT molecular complexity index is 524. The van der Waals surface area contributed by atoms with Crippen LogP contribution in [0.2, 0.25) is 0 Å². The van der Waals surface area contributed by atoms with Crippen molar-refractivity contribution in [1.29, 1.82) is 0 Å². The van der Waals surface area contributed by atoms with Crippen LogP contribution in [-0.2, 0) is 0 Å². The summed E-state index contributed by atoms with van der Waals surface area (Å²) in [5, 5.41) is 3.57. The van der Waals surface area contributed by atoms with Crippen LogP contribution in [0.1, 0.15) is 38.5 Å². The maximum atomic E-state index is 3.57. The molecule has 21 heavy (non-hydrogen) atoms. The van der Waals surface area contributed by atoms with Gasteiger partial charge in [0.1, 0.15) is 0 Å². The van der Waals surface area contributed by atoms with Crippen molar-refractivity contribution in [2.24, 2.45) is 5.92 Å². The van der Waals surface area contributed by atoms with Gasteiger partial charge in [-0.1, -0.05) is 74.6 Å². The third-order valence-corrected chi connectivity index (χ3v) is 4.60. The van der Waals surface area contributed by atoms with Crippen LogP contribution in [0.4, 0.5) is 5.69 Å². The molecule has 0 aliphatic heterocycles. The number of benzene rings is 2. The second kappa shape index (κ2) is 7.31. The Morgan fingerprint density at radius 3 is 2.14 bits per heavy atom. The van der Waals surface area contributed by atoms with Gasteiger partial charge in [0.2, 0.25) is 0 Å². The summed E-state index contributed by atoms with van der Waals surface area (Å²) in [6.45, 7) is 1.11. The fourth-order valence-electron chi connectivity index (χ4n) is 3.31. The summed E-state index contributed by atoms with van der Waals surface area (Å²) in [5.74, 6) is 0.954. The van der Waals surface area contributed by atoms with E-state index in [1.54, 1.807) is 0 Å². The highest BCUT2D eigenvalue weighted by Crippen LogP contribution is 2.26. The van der Waals surface area contributed by atoms with Gasteiger partial charge in [0, 0.05) is 12.2 Å². The number of rotatable bonds is 5. The average molecular weight is 279 g/mol. The van der Waals surface area contributed by atoms with Gasteiger partial charge < -0.3 is 5.32 Å². The molecular formula is C20H25N. The van der Waals surface area contributed by atoms with Crippen LogP contribution in [-0.4, -0.2) is 6.54 Å². The van der Waals surface area contributed by atoms with Gasteiger partial charge in [-0.15, -0.1) is 0 Å². The molecule has 1 N–H and O–H groups in total. The van der Waals surface area contributed by atoms with Crippen molar-refractivity contribution in [2.75, 3.05) is 11.9 Å². The van der Waals surface area contributed by atoms with E-state index in [1.165, 1.54) is 55.3 Å². The number of hydrogen-bond donors (Lipinski definition) is 1. The summed E-state index contributed by atoms with van der Waals surface area (Å²) in [4.78, 5) is 0. The molecule has 1 heteroatoms. The summed E-state index contributed by atoms with van der Waals surface area (Å²) in [5.41, 5.74) is 3.81. The van der Waals surface area contributed by atoms with E-state index in [-0.39, 0.29) is 0 Å². The van der Waals surface area contributed by atoms with Gasteiger partial charge in [0.25, 0.3) is 0 Å². The zero-order chi connectivity index (χ0) is 14.3. The van der Waals surface area contributed by atoms with Gasteiger partial charge in [-0.05, 0) is 35.6 Å². The van der Waals surface area contributed by atoms with E-state index in [4.69, 9.17) is 0 Å². The number of hydrogen-bond acceptors (Lipinski definition) is 1. The Labute approximate surface area is 128 Å². The van der Waals surface area contributed by atoms with Crippen molar-refractivity contribution in [3.8, 4) is 11.1 Å². The molecule has 0 spiro atoms. The quantitative estimate of drug-likeness (QED) is 0.736. The van der Waals surface area contributed by atoms with E-state index >= 15 is 0 Å². The molecule has 0 bridgehead atoms. The smallest absolute Gasteiger partial charge is 0.0340 e.